The average Bonchev–Trinajstić information content (AvgIpc) is 3.03. The van der Waals surface area contributed by atoms with Crippen LogP contribution in [-0.2, 0) is 28.5 Å². The highest BCUT2D eigenvalue weighted by atomic mass is 16.5. The van der Waals surface area contributed by atoms with E-state index in [9.17, 15) is 4.79 Å². The minimum atomic E-state index is -0.661. The molecule has 45 heavy (non-hydrogen) atoms. The molecule has 0 unspecified atom stereocenters. The second-order valence-electron chi connectivity index (χ2n) is 11.8. The molecule has 0 fully saturated rings. The van der Waals surface area contributed by atoms with Gasteiger partial charge in [-0.3, -0.25) is 4.79 Å². The average molecular weight is 648 g/mol. The Hall–Kier alpha value is -0.850. The molecule has 0 rings (SSSR count). The number of hydrogen-bond donors (Lipinski definition) is 4. The van der Waals surface area contributed by atoms with Gasteiger partial charge in [0.1, 0.15) is 0 Å². The number of aliphatic carboxylic acids is 1. The molecular formula is C35H73N3O7. The van der Waals surface area contributed by atoms with Gasteiger partial charge in [-0.05, 0) is 45.3 Å². The summed E-state index contributed by atoms with van der Waals surface area (Å²) in [5.41, 5.74) is 0. The van der Waals surface area contributed by atoms with Crippen LogP contribution in [0, 0.1) is 0 Å². The van der Waals surface area contributed by atoms with E-state index in [1.807, 2.05) is 0 Å². The van der Waals surface area contributed by atoms with Gasteiger partial charge in [0.15, 0.2) is 0 Å². The molecule has 0 radical (unpaired) electrons. The Labute approximate surface area is 276 Å². The van der Waals surface area contributed by atoms with Crippen LogP contribution in [0.5, 0.6) is 0 Å². The lowest BCUT2D eigenvalue weighted by Crippen LogP contribution is -2.25. The highest BCUT2D eigenvalue weighted by Crippen LogP contribution is 2.13. The lowest BCUT2D eigenvalue weighted by atomic mass is 10.0. The normalized spacial score (nSPS) is 11.5. The molecule has 0 amide bonds. The molecule has 0 aliphatic carbocycles. The Kier molecular flexibility index (Phi) is 40.4. The fourth-order valence-electron chi connectivity index (χ4n) is 4.92. The van der Waals surface area contributed by atoms with Crippen molar-refractivity contribution < 1.29 is 33.6 Å². The SMILES string of the molecule is COCCOCCOCCNCCOCCOCCNCCCCNCCCCCCCCCCCCCCCCCC(=O)O. The molecule has 10 nitrogen and oxygen atoms in total. The Balaban J connectivity index is 3.04. The van der Waals surface area contributed by atoms with Gasteiger partial charge in [-0.15, -0.1) is 0 Å². The number of rotatable bonds is 41. The summed E-state index contributed by atoms with van der Waals surface area (Å²) in [7, 11) is 1.67. The van der Waals surface area contributed by atoms with Gasteiger partial charge in [0, 0.05) is 33.2 Å². The number of unbranched alkanes of at least 4 members (excludes halogenated alkanes) is 15. The third kappa shape index (κ3) is 43.1. The van der Waals surface area contributed by atoms with Crippen LogP contribution in [0.4, 0.5) is 0 Å². The molecule has 0 spiro atoms. The summed E-state index contributed by atoms with van der Waals surface area (Å²) in [6.07, 6.45) is 22.1. The van der Waals surface area contributed by atoms with E-state index in [4.69, 9.17) is 28.8 Å². The van der Waals surface area contributed by atoms with Crippen molar-refractivity contribution in [2.45, 2.75) is 116 Å². The molecular weight excluding hydrogens is 574 g/mol. The molecule has 0 aromatic carbocycles. The van der Waals surface area contributed by atoms with Crippen LogP contribution in [0.2, 0.25) is 0 Å². The zero-order valence-electron chi connectivity index (χ0n) is 29.2. The van der Waals surface area contributed by atoms with Crippen molar-refractivity contribution in [3.05, 3.63) is 0 Å². The van der Waals surface area contributed by atoms with Crippen LogP contribution < -0.4 is 16.0 Å². The fraction of sp³-hybridized carbons (Fsp3) is 0.971. The Morgan fingerprint density at radius 1 is 0.400 bits per heavy atom. The topological polar surface area (TPSA) is 120 Å². The first-order chi connectivity index (χ1) is 22.3. The van der Waals surface area contributed by atoms with E-state index in [-0.39, 0.29) is 0 Å². The number of carboxylic acids is 1. The second kappa shape index (κ2) is 41.2. The molecule has 0 saturated heterocycles. The Morgan fingerprint density at radius 3 is 1.09 bits per heavy atom. The summed E-state index contributed by atoms with van der Waals surface area (Å²) < 4.78 is 26.9. The van der Waals surface area contributed by atoms with E-state index in [1.54, 1.807) is 7.11 Å². The summed E-state index contributed by atoms with van der Waals surface area (Å²) >= 11 is 0. The largest absolute Gasteiger partial charge is 0.481 e. The molecule has 0 atom stereocenters. The quantitative estimate of drug-likeness (QED) is 0.0627. The van der Waals surface area contributed by atoms with E-state index in [1.165, 1.54) is 96.3 Å². The lowest BCUT2D eigenvalue weighted by Gasteiger charge is -2.09. The number of carbonyl (C=O) groups is 1. The molecule has 0 bridgehead atoms. The van der Waals surface area contributed by atoms with Crippen LogP contribution in [0.1, 0.15) is 116 Å². The number of hydrogen-bond acceptors (Lipinski definition) is 9. The first-order valence-electron chi connectivity index (χ1n) is 18.4. The molecule has 0 saturated carbocycles. The van der Waals surface area contributed by atoms with Crippen LogP contribution in [-0.4, -0.2) is 117 Å². The van der Waals surface area contributed by atoms with Gasteiger partial charge >= 0.3 is 5.97 Å². The van der Waals surface area contributed by atoms with Crippen molar-refractivity contribution in [2.24, 2.45) is 0 Å². The van der Waals surface area contributed by atoms with Gasteiger partial charge in [0.05, 0.1) is 59.5 Å². The van der Waals surface area contributed by atoms with Gasteiger partial charge in [-0.2, -0.15) is 0 Å². The maximum absolute atomic E-state index is 10.5. The molecule has 0 aliphatic heterocycles. The number of nitrogens with one attached hydrogen (secondary N) is 3. The molecule has 10 heteroatoms. The first kappa shape index (κ1) is 44.1. The van der Waals surface area contributed by atoms with Gasteiger partial charge in [-0.1, -0.05) is 83.5 Å². The third-order valence-corrected chi connectivity index (χ3v) is 7.65. The zero-order chi connectivity index (χ0) is 32.6. The maximum atomic E-state index is 10.5. The summed E-state index contributed by atoms with van der Waals surface area (Å²) in [5, 5.41) is 19.0. The van der Waals surface area contributed by atoms with Crippen LogP contribution >= 0.6 is 0 Å². The van der Waals surface area contributed by atoms with Gasteiger partial charge in [0.2, 0.25) is 0 Å². The zero-order valence-corrected chi connectivity index (χ0v) is 29.2. The minimum Gasteiger partial charge on any atom is -0.481 e. The summed E-state index contributed by atoms with van der Waals surface area (Å²) in [6.45, 7) is 11.6. The molecule has 4 N–H and O–H groups in total. The fourth-order valence-corrected chi connectivity index (χ4v) is 4.92. The summed E-state index contributed by atoms with van der Waals surface area (Å²) in [5.74, 6) is -0.661. The third-order valence-electron chi connectivity index (χ3n) is 7.65. The number of ether oxygens (including phenoxy) is 5. The molecule has 270 valence electrons. The summed E-state index contributed by atoms with van der Waals surface area (Å²) in [6, 6.07) is 0. The van der Waals surface area contributed by atoms with Crippen molar-refractivity contribution >= 4 is 5.97 Å². The molecule has 0 aliphatic rings. The van der Waals surface area contributed by atoms with Crippen molar-refractivity contribution in [1.82, 2.24) is 16.0 Å². The smallest absolute Gasteiger partial charge is 0.303 e. The van der Waals surface area contributed by atoms with Crippen molar-refractivity contribution in [3.8, 4) is 0 Å². The predicted molar refractivity (Wildman–Crippen MR) is 185 cm³/mol. The highest BCUT2D eigenvalue weighted by molar-refractivity contribution is 5.66. The Bertz CT molecular complexity index is 561. The standard InChI is InChI=1S/C35H73N3O7/c1-41-29-30-45-34-33-44-28-25-38-24-27-43-32-31-42-26-23-37-22-18-17-21-36-20-16-14-12-10-8-6-4-2-3-5-7-9-11-13-15-19-35(39)40/h36-38H,2-34H2,1H3,(H,39,40). The monoisotopic (exact) mass is 648 g/mol. The molecule has 0 aromatic rings. The molecule has 0 heterocycles. The van der Waals surface area contributed by atoms with Crippen molar-refractivity contribution in [2.75, 3.05) is 106 Å². The lowest BCUT2D eigenvalue weighted by molar-refractivity contribution is -0.137. The van der Waals surface area contributed by atoms with Gasteiger partial charge < -0.3 is 44.7 Å². The van der Waals surface area contributed by atoms with E-state index in [0.717, 1.165) is 58.7 Å². The van der Waals surface area contributed by atoms with E-state index >= 15 is 0 Å². The summed E-state index contributed by atoms with van der Waals surface area (Å²) in [4.78, 5) is 10.5. The van der Waals surface area contributed by atoms with Crippen molar-refractivity contribution in [3.63, 3.8) is 0 Å². The Morgan fingerprint density at radius 2 is 0.689 bits per heavy atom. The van der Waals surface area contributed by atoms with Crippen molar-refractivity contribution in [1.29, 1.82) is 0 Å². The predicted octanol–water partition coefficient (Wildman–Crippen LogP) is 5.57. The highest BCUT2D eigenvalue weighted by Gasteiger charge is 1.98. The van der Waals surface area contributed by atoms with Gasteiger partial charge in [-0.25, -0.2) is 0 Å². The van der Waals surface area contributed by atoms with Gasteiger partial charge in [0.25, 0.3) is 0 Å². The number of methoxy groups -OCH3 is 1. The second-order valence-corrected chi connectivity index (χ2v) is 11.8. The van der Waals surface area contributed by atoms with E-state index < -0.39 is 5.97 Å². The first-order valence-corrected chi connectivity index (χ1v) is 18.4. The van der Waals surface area contributed by atoms with Crippen LogP contribution in [0.15, 0.2) is 0 Å². The van der Waals surface area contributed by atoms with E-state index in [0.29, 0.717) is 59.3 Å². The van der Waals surface area contributed by atoms with E-state index in [2.05, 4.69) is 16.0 Å². The minimum absolute atomic E-state index is 0.331. The number of carboxylic acid groups (broad SMARTS) is 1. The molecule has 0 aromatic heterocycles. The maximum Gasteiger partial charge on any atom is 0.303 e. The van der Waals surface area contributed by atoms with Crippen LogP contribution in [0.25, 0.3) is 0 Å². The van der Waals surface area contributed by atoms with Crippen LogP contribution in [0.3, 0.4) is 0 Å².